The van der Waals surface area contributed by atoms with Crippen molar-refractivity contribution in [3.8, 4) is 0 Å². The van der Waals surface area contributed by atoms with Crippen LogP contribution in [0.25, 0.3) is 0 Å². The van der Waals surface area contributed by atoms with Crippen molar-refractivity contribution in [2.45, 2.75) is 12.7 Å². The molecule has 0 atom stereocenters. The first-order chi connectivity index (χ1) is 8.58. The molecule has 0 aliphatic carbocycles. The molecular weight excluding hydrogens is 254 g/mol. The Hall–Kier alpha value is -1.53. The zero-order valence-corrected chi connectivity index (χ0v) is 10.8. The molecule has 1 aromatic carbocycles. The van der Waals surface area contributed by atoms with Crippen molar-refractivity contribution < 1.29 is 19.5 Å². The number of carbonyl (C=O) groups is 2. The summed E-state index contributed by atoms with van der Waals surface area (Å²) in [4.78, 5) is 25.8. The Morgan fingerprint density at radius 2 is 2.22 bits per heavy atom. The molecule has 0 aromatic heterocycles. The molecule has 0 saturated carbocycles. The van der Waals surface area contributed by atoms with E-state index >= 15 is 0 Å². The zero-order valence-electron chi connectivity index (χ0n) is 10.0. The predicted molar refractivity (Wildman–Crippen MR) is 69.1 cm³/mol. The van der Waals surface area contributed by atoms with Crippen molar-refractivity contribution in [1.82, 2.24) is 5.48 Å². The normalized spacial score (nSPS) is 10.1. The van der Waals surface area contributed by atoms with Crippen LogP contribution in [0, 0.1) is 6.92 Å². The third-order valence-electron chi connectivity index (χ3n) is 1.97. The van der Waals surface area contributed by atoms with E-state index in [1.807, 2.05) is 25.1 Å². The van der Waals surface area contributed by atoms with Crippen LogP contribution in [0.2, 0.25) is 0 Å². The summed E-state index contributed by atoms with van der Waals surface area (Å²) in [5.41, 5.74) is 4.41. The third-order valence-corrected chi connectivity index (χ3v) is 2.97. The van der Waals surface area contributed by atoms with Crippen LogP contribution in [0.4, 0.5) is 0 Å². The number of carbonyl (C=O) groups excluding carboxylic acids is 1. The van der Waals surface area contributed by atoms with Gasteiger partial charge in [-0.1, -0.05) is 29.8 Å². The molecule has 5 nitrogen and oxygen atoms in total. The Kier molecular flexibility index (Phi) is 6.24. The average molecular weight is 269 g/mol. The minimum atomic E-state index is -1.12. The highest BCUT2D eigenvalue weighted by atomic mass is 32.2. The van der Waals surface area contributed by atoms with Crippen LogP contribution in [0.1, 0.15) is 11.1 Å². The molecule has 0 aliphatic heterocycles. The molecular formula is C12H15NO4S. The Morgan fingerprint density at radius 3 is 2.89 bits per heavy atom. The van der Waals surface area contributed by atoms with Crippen molar-refractivity contribution in [2.75, 3.05) is 12.4 Å². The fourth-order valence-corrected chi connectivity index (χ4v) is 2.03. The summed E-state index contributed by atoms with van der Waals surface area (Å²) in [6.45, 7) is 1.48. The minimum absolute atomic E-state index is 0.230. The van der Waals surface area contributed by atoms with E-state index in [9.17, 15) is 9.59 Å². The van der Waals surface area contributed by atoms with Gasteiger partial charge in [0.15, 0.2) is 6.61 Å². The van der Waals surface area contributed by atoms with Crippen LogP contribution in [0.15, 0.2) is 24.3 Å². The second kappa shape index (κ2) is 7.73. The molecule has 0 heterocycles. The fourth-order valence-electron chi connectivity index (χ4n) is 1.27. The summed E-state index contributed by atoms with van der Waals surface area (Å²) in [6, 6.07) is 8.05. The number of amides is 1. The molecule has 0 fully saturated rings. The van der Waals surface area contributed by atoms with E-state index in [-0.39, 0.29) is 11.7 Å². The van der Waals surface area contributed by atoms with E-state index in [0.29, 0.717) is 0 Å². The lowest BCUT2D eigenvalue weighted by molar-refractivity contribution is -0.148. The van der Waals surface area contributed by atoms with Crippen LogP contribution in [-0.2, 0) is 20.2 Å². The molecule has 98 valence electrons. The van der Waals surface area contributed by atoms with E-state index in [2.05, 4.69) is 16.4 Å². The number of hydrogen-bond donors (Lipinski definition) is 2. The lowest BCUT2D eigenvalue weighted by Gasteiger charge is -2.04. The summed E-state index contributed by atoms with van der Waals surface area (Å²) in [7, 11) is 0. The summed E-state index contributed by atoms with van der Waals surface area (Å²) in [5.74, 6) is -0.502. The summed E-state index contributed by atoms with van der Waals surface area (Å²) >= 11 is 1.44. The number of benzene rings is 1. The number of aliphatic carboxylic acids is 1. The van der Waals surface area contributed by atoms with Gasteiger partial charge in [0.1, 0.15) is 0 Å². The van der Waals surface area contributed by atoms with Crippen molar-refractivity contribution in [2.24, 2.45) is 0 Å². The van der Waals surface area contributed by atoms with Gasteiger partial charge in [0.05, 0.1) is 5.75 Å². The van der Waals surface area contributed by atoms with E-state index in [1.165, 1.54) is 17.3 Å². The Labute approximate surface area is 109 Å². The monoisotopic (exact) mass is 269 g/mol. The quantitative estimate of drug-likeness (QED) is 0.731. The first-order valence-corrected chi connectivity index (χ1v) is 6.49. The molecule has 6 heteroatoms. The van der Waals surface area contributed by atoms with Gasteiger partial charge in [-0.2, -0.15) is 0 Å². The van der Waals surface area contributed by atoms with Gasteiger partial charge in [0, 0.05) is 5.75 Å². The van der Waals surface area contributed by atoms with Gasteiger partial charge >= 0.3 is 5.97 Å². The average Bonchev–Trinajstić information content (AvgIpc) is 2.28. The summed E-state index contributed by atoms with van der Waals surface area (Å²) in [5, 5.41) is 8.30. The first-order valence-electron chi connectivity index (χ1n) is 5.33. The van der Waals surface area contributed by atoms with Crippen molar-refractivity contribution in [3.63, 3.8) is 0 Å². The topological polar surface area (TPSA) is 75.6 Å². The number of carboxylic acid groups (broad SMARTS) is 1. The number of carboxylic acids is 1. The number of rotatable bonds is 7. The first kappa shape index (κ1) is 14.5. The van der Waals surface area contributed by atoms with Gasteiger partial charge in [0.2, 0.25) is 0 Å². The van der Waals surface area contributed by atoms with Crippen LogP contribution in [0.5, 0.6) is 0 Å². The van der Waals surface area contributed by atoms with E-state index in [0.717, 1.165) is 11.3 Å². The Balaban J connectivity index is 2.17. The number of aryl methyl sites for hydroxylation is 1. The Bertz CT molecular complexity index is 422. The second-order valence-corrected chi connectivity index (χ2v) is 4.68. The van der Waals surface area contributed by atoms with Gasteiger partial charge in [-0.25, -0.2) is 10.3 Å². The van der Waals surface area contributed by atoms with Gasteiger partial charge < -0.3 is 5.11 Å². The minimum Gasteiger partial charge on any atom is -0.479 e. The SMILES string of the molecule is Cc1cccc(CSCC(=O)NOCC(=O)O)c1. The number of hydrogen-bond acceptors (Lipinski definition) is 4. The molecule has 0 unspecified atom stereocenters. The molecule has 1 aromatic rings. The second-order valence-electron chi connectivity index (χ2n) is 3.69. The molecule has 0 spiro atoms. The predicted octanol–water partition coefficient (Wildman–Crippen LogP) is 1.36. The smallest absolute Gasteiger partial charge is 0.332 e. The molecule has 1 rings (SSSR count). The van der Waals surface area contributed by atoms with Crippen LogP contribution >= 0.6 is 11.8 Å². The molecule has 0 bridgehead atoms. The van der Waals surface area contributed by atoms with Gasteiger partial charge in [-0.15, -0.1) is 11.8 Å². The highest BCUT2D eigenvalue weighted by Gasteiger charge is 2.03. The lowest BCUT2D eigenvalue weighted by Crippen LogP contribution is -2.28. The molecule has 18 heavy (non-hydrogen) atoms. The third kappa shape index (κ3) is 6.27. The van der Waals surface area contributed by atoms with Gasteiger partial charge in [-0.05, 0) is 12.5 Å². The molecule has 2 N–H and O–H groups in total. The van der Waals surface area contributed by atoms with E-state index in [4.69, 9.17) is 5.11 Å². The molecule has 0 aliphatic rings. The van der Waals surface area contributed by atoms with Crippen LogP contribution < -0.4 is 5.48 Å². The maximum Gasteiger partial charge on any atom is 0.332 e. The Morgan fingerprint density at radius 1 is 1.44 bits per heavy atom. The van der Waals surface area contributed by atoms with Crippen LogP contribution in [-0.4, -0.2) is 29.3 Å². The van der Waals surface area contributed by atoms with E-state index in [1.54, 1.807) is 0 Å². The van der Waals surface area contributed by atoms with Crippen molar-refractivity contribution >= 4 is 23.6 Å². The number of thioether (sulfide) groups is 1. The molecule has 1 amide bonds. The number of nitrogens with one attached hydrogen (secondary N) is 1. The molecule has 0 radical (unpaired) electrons. The molecule has 0 saturated heterocycles. The van der Waals surface area contributed by atoms with Crippen molar-refractivity contribution in [3.05, 3.63) is 35.4 Å². The highest BCUT2D eigenvalue weighted by molar-refractivity contribution is 7.99. The van der Waals surface area contributed by atoms with Crippen LogP contribution in [0.3, 0.4) is 0 Å². The van der Waals surface area contributed by atoms with E-state index < -0.39 is 12.6 Å². The summed E-state index contributed by atoms with van der Waals surface area (Å²) < 4.78 is 0. The maximum atomic E-state index is 11.2. The maximum absolute atomic E-state index is 11.2. The van der Waals surface area contributed by atoms with Gasteiger partial charge in [-0.3, -0.25) is 9.63 Å². The summed E-state index contributed by atoms with van der Waals surface area (Å²) in [6.07, 6.45) is 0. The lowest BCUT2D eigenvalue weighted by atomic mass is 10.2. The highest BCUT2D eigenvalue weighted by Crippen LogP contribution is 2.13. The largest absolute Gasteiger partial charge is 0.479 e. The van der Waals surface area contributed by atoms with Gasteiger partial charge in [0.25, 0.3) is 5.91 Å². The van der Waals surface area contributed by atoms with Crippen molar-refractivity contribution in [1.29, 1.82) is 0 Å². The fraction of sp³-hybridized carbons (Fsp3) is 0.333. The number of hydroxylamine groups is 1. The zero-order chi connectivity index (χ0) is 13.4. The standard InChI is InChI=1S/C12H15NO4S/c1-9-3-2-4-10(5-9)7-18-8-11(14)13-17-6-12(15)16/h2-5H,6-8H2,1H3,(H,13,14)(H,15,16).